The van der Waals surface area contributed by atoms with Crippen LogP contribution < -0.4 is 15.7 Å². The summed E-state index contributed by atoms with van der Waals surface area (Å²) in [7, 11) is -3.30. The third-order valence-electron chi connectivity index (χ3n) is 5.94. The van der Waals surface area contributed by atoms with Crippen molar-refractivity contribution in [2.24, 2.45) is 0 Å². The Labute approximate surface area is 203 Å². The summed E-state index contributed by atoms with van der Waals surface area (Å²) in [5.41, 5.74) is 0.771. The van der Waals surface area contributed by atoms with Crippen molar-refractivity contribution in [2.45, 2.75) is 18.4 Å². The van der Waals surface area contributed by atoms with Crippen LogP contribution in [0.4, 0.5) is 0 Å². The molecule has 5 heteroatoms. The highest BCUT2D eigenvalue weighted by Crippen LogP contribution is 2.47. The summed E-state index contributed by atoms with van der Waals surface area (Å²) in [6.45, 7) is 1.91. The first kappa shape index (κ1) is 23.2. The molecular weight excluding hydrogens is 491 g/mol. The molecule has 0 unspecified atom stereocenters. The molecule has 0 heterocycles. The van der Waals surface area contributed by atoms with Crippen molar-refractivity contribution in [1.29, 1.82) is 5.26 Å². The number of benzene rings is 4. The number of nitrogens with one attached hydrogen (secondary N) is 1. The molecule has 0 aliphatic carbocycles. The molecule has 3 nitrogen and oxygen atoms in total. The molecule has 0 fully saturated rings. The van der Waals surface area contributed by atoms with Gasteiger partial charge in [-0.3, -0.25) is 9.65 Å². The summed E-state index contributed by atoms with van der Waals surface area (Å²) in [5, 5.41) is 15.4. The van der Waals surface area contributed by atoms with Crippen LogP contribution in [0.25, 0.3) is 0 Å². The van der Waals surface area contributed by atoms with Gasteiger partial charge < -0.3 is 0 Å². The standard InChI is InChI=1S/C28H24BrN2OP/c1-28(21-30,23-11-5-2-6-12-23)27(22-17-19-24(29)20-18-22)31-33(32,25-13-7-3-8-14-25)26-15-9-4-10-16-26/h2-20,27H,1H3,(H,31,32)/t27-,28-/m1/s1. The van der Waals surface area contributed by atoms with Gasteiger partial charge in [0.1, 0.15) is 0 Å². The molecule has 0 aliphatic rings. The zero-order valence-corrected chi connectivity index (χ0v) is 20.7. The molecule has 0 radical (unpaired) electrons. The summed E-state index contributed by atoms with van der Waals surface area (Å²) >= 11 is 3.50. The summed E-state index contributed by atoms with van der Waals surface area (Å²) in [4.78, 5) is 0. The van der Waals surface area contributed by atoms with Gasteiger partial charge in [0.15, 0.2) is 0 Å². The molecule has 2 atom stereocenters. The first-order chi connectivity index (χ1) is 16.0. The molecule has 0 bridgehead atoms. The Kier molecular flexibility index (Phi) is 6.96. The summed E-state index contributed by atoms with van der Waals surface area (Å²) < 4.78 is 15.8. The molecule has 1 N–H and O–H groups in total. The Balaban J connectivity index is 1.92. The van der Waals surface area contributed by atoms with Gasteiger partial charge >= 0.3 is 0 Å². The normalized spacial score (nSPS) is 14.1. The fraction of sp³-hybridized carbons (Fsp3) is 0.107. The lowest BCUT2D eigenvalue weighted by molar-refractivity contribution is 0.446. The predicted octanol–water partition coefficient (Wildman–Crippen LogP) is 6.49. The molecule has 0 aromatic heterocycles. The lowest BCUT2D eigenvalue weighted by Gasteiger charge is -2.36. The highest BCUT2D eigenvalue weighted by atomic mass is 79.9. The van der Waals surface area contributed by atoms with Crippen LogP contribution in [0.1, 0.15) is 24.1 Å². The maximum Gasteiger partial charge on any atom is 0.205 e. The molecule has 4 aromatic rings. The Morgan fingerprint density at radius 2 is 1.24 bits per heavy atom. The van der Waals surface area contributed by atoms with E-state index in [0.717, 1.165) is 15.6 Å². The van der Waals surface area contributed by atoms with Crippen molar-refractivity contribution >= 4 is 33.8 Å². The summed E-state index contributed by atoms with van der Waals surface area (Å²) in [5.74, 6) is 0. The summed E-state index contributed by atoms with van der Waals surface area (Å²) in [6, 6.07) is 38.4. The first-order valence-electron chi connectivity index (χ1n) is 10.7. The molecule has 0 aliphatic heterocycles. The second-order valence-electron chi connectivity index (χ2n) is 8.07. The second kappa shape index (κ2) is 9.89. The minimum Gasteiger partial charge on any atom is -0.297 e. The molecule has 0 saturated carbocycles. The predicted molar refractivity (Wildman–Crippen MR) is 139 cm³/mol. The second-order valence-corrected chi connectivity index (χ2v) is 11.5. The SMILES string of the molecule is C[C@@](C#N)(c1ccccc1)[C@H](NP(=O)(c1ccccc1)c1ccccc1)c1ccc(Br)cc1. The van der Waals surface area contributed by atoms with E-state index in [9.17, 15) is 9.83 Å². The zero-order chi connectivity index (χ0) is 23.3. The number of nitrogens with zero attached hydrogens (tertiary/aromatic N) is 1. The van der Waals surface area contributed by atoms with Gasteiger partial charge in [-0.1, -0.05) is 94.8 Å². The van der Waals surface area contributed by atoms with E-state index in [-0.39, 0.29) is 0 Å². The highest BCUT2D eigenvalue weighted by molar-refractivity contribution is 9.10. The Bertz CT molecular complexity index is 1250. The van der Waals surface area contributed by atoms with Gasteiger partial charge in [0, 0.05) is 15.1 Å². The van der Waals surface area contributed by atoms with Crippen molar-refractivity contribution in [3.8, 4) is 6.07 Å². The molecule has 4 rings (SSSR count). The van der Waals surface area contributed by atoms with Crippen molar-refractivity contribution in [2.75, 3.05) is 0 Å². The lowest BCUT2D eigenvalue weighted by Crippen LogP contribution is -2.41. The topological polar surface area (TPSA) is 52.9 Å². The van der Waals surface area contributed by atoms with Crippen LogP contribution in [0.15, 0.2) is 120 Å². The van der Waals surface area contributed by atoms with E-state index >= 15 is 0 Å². The van der Waals surface area contributed by atoms with Gasteiger partial charge in [0.05, 0.1) is 17.5 Å². The maximum absolute atomic E-state index is 14.8. The quantitative estimate of drug-likeness (QED) is 0.286. The molecule has 33 heavy (non-hydrogen) atoms. The van der Waals surface area contributed by atoms with Crippen molar-refractivity contribution in [3.05, 3.63) is 131 Å². The molecule has 0 spiro atoms. The Hall–Kier alpha value is -2.96. The fourth-order valence-electron chi connectivity index (χ4n) is 4.03. The molecule has 4 aromatic carbocycles. The van der Waals surface area contributed by atoms with E-state index < -0.39 is 18.7 Å². The molecule has 0 saturated heterocycles. The maximum atomic E-state index is 14.8. The van der Waals surface area contributed by atoms with Gasteiger partial charge in [-0.2, -0.15) is 5.26 Å². The first-order valence-corrected chi connectivity index (χ1v) is 13.2. The number of rotatable bonds is 7. The van der Waals surface area contributed by atoms with E-state index in [2.05, 4.69) is 27.1 Å². The number of hydrogen-bond donors (Lipinski definition) is 1. The largest absolute Gasteiger partial charge is 0.297 e. The average Bonchev–Trinajstić information content (AvgIpc) is 2.89. The van der Waals surface area contributed by atoms with Crippen molar-refractivity contribution in [3.63, 3.8) is 0 Å². The van der Waals surface area contributed by atoms with Crippen LogP contribution in [-0.4, -0.2) is 0 Å². The van der Waals surface area contributed by atoms with Gasteiger partial charge in [-0.05, 0) is 54.4 Å². The third kappa shape index (κ3) is 4.72. The van der Waals surface area contributed by atoms with Gasteiger partial charge in [0.2, 0.25) is 7.29 Å². The van der Waals surface area contributed by atoms with Crippen LogP contribution in [0, 0.1) is 11.3 Å². The van der Waals surface area contributed by atoms with Gasteiger partial charge in [-0.15, -0.1) is 0 Å². The van der Waals surface area contributed by atoms with Crippen LogP contribution in [0.3, 0.4) is 0 Å². The highest BCUT2D eigenvalue weighted by Gasteiger charge is 2.42. The number of hydrogen-bond acceptors (Lipinski definition) is 2. The fourth-order valence-corrected chi connectivity index (χ4v) is 6.84. The Morgan fingerprint density at radius 1 is 0.788 bits per heavy atom. The minimum absolute atomic E-state index is 0.538. The van der Waals surface area contributed by atoms with E-state index in [1.54, 1.807) is 0 Å². The lowest BCUT2D eigenvalue weighted by atomic mass is 9.75. The van der Waals surface area contributed by atoms with Crippen molar-refractivity contribution < 1.29 is 4.57 Å². The molecular formula is C28H24BrN2OP. The van der Waals surface area contributed by atoms with Gasteiger partial charge in [0.25, 0.3) is 0 Å². The summed E-state index contributed by atoms with van der Waals surface area (Å²) in [6.07, 6.45) is 0. The van der Waals surface area contributed by atoms with Crippen molar-refractivity contribution in [1.82, 2.24) is 5.09 Å². The third-order valence-corrected chi connectivity index (χ3v) is 9.14. The zero-order valence-electron chi connectivity index (χ0n) is 18.2. The van der Waals surface area contributed by atoms with Gasteiger partial charge in [-0.25, -0.2) is 0 Å². The van der Waals surface area contributed by atoms with E-state index in [4.69, 9.17) is 0 Å². The van der Waals surface area contributed by atoms with E-state index in [0.29, 0.717) is 10.6 Å². The smallest absolute Gasteiger partial charge is 0.205 e. The number of halogens is 1. The molecule has 164 valence electrons. The average molecular weight is 515 g/mol. The molecule has 0 amide bonds. The monoisotopic (exact) mass is 514 g/mol. The Morgan fingerprint density at radius 3 is 1.70 bits per heavy atom. The van der Waals surface area contributed by atoms with Crippen LogP contribution in [0.5, 0.6) is 0 Å². The van der Waals surface area contributed by atoms with E-state index in [1.165, 1.54) is 0 Å². The minimum atomic E-state index is -3.30. The number of nitriles is 1. The van der Waals surface area contributed by atoms with E-state index in [1.807, 2.05) is 122 Å². The van der Waals surface area contributed by atoms with Crippen LogP contribution in [-0.2, 0) is 9.98 Å². The van der Waals surface area contributed by atoms with Crippen LogP contribution in [0.2, 0.25) is 0 Å². The van der Waals surface area contributed by atoms with Crippen LogP contribution >= 0.6 is 23.2 Å².